The van der Waals surface area contributed by atoms with Crippen LogP contribution in [0.4, 0.5) is 4.79 Å². The molecule has 0 atom stereocenters. The van der Waals surface area contributed by atoms with E-state index in [4.69, 9.17) is 4.74 Å². The number of hydrogen-bond donors (Lipinski definition) is 1. The summed E-state index contributed by atoms with van der Waals surface area (Å²) in [5.74, 6) is 0.858. The number of likely N-dealkylation sites (tertiary alicyclic amines) is 1. The van der Waals surface area contributed by atoms with E-state index < -0.39 is 0 Å². The Balaban J connectivity index is 1.29. The summed E-state index contributed by atoms with van der Waals surface area (Å²) in [6.07, 6.45) is 3.16. The number of aryl methyl sites for hydroxylation is 1. The quantitative estimate of drug-likeness (QED) is 0.908. The van der Waals surface area contributed by atoms with Crippen LogP contribution in [0.2, 0.25) is 0 Å². The molecule has 5 heteroatoms. The number of hydrogen-bond acceptors (Lipinski definition) is 3. The molecule has 1 aromatic rings. The maximum atomic E-state index is 12.7. The standard InChI is InChI=1S/C19H24N2O3/c1-13-2-4-14(5-3-13)15-6-8-21(9-7-15)17(22)16-10-19(11-16)12-24-18(23)20-19/h2-5,15-16H,6-12H2,1H3,(H,20,23)/t16-,19+. The van der Waals surface area contributed by atoms with Gasteiger partial charge in [0.05, 0.1) is 5.54 Å². The summed E-state index contributed by atoms with van der Waals surface area (Å²) >= 11 is 0. The third-order valence-corrected chi connectivity index (χ3v) is 5.83. The van der Waals surface area contributed by atoms with Crippen molar-refractivity contribution in [3.8, 4) is 0 Å². The van der Waals surface area contributed by atoms with E-state index in [0.29, 0.717) is 12.5 Å². The van der Waals surface area contributed by atoms with Crippen LogP contribution in [-0.4, -0.2) is 42.1 Å². The number of nitrogens with zero attached hydrogens (tertiary/aromatic N) is 1. The van der Waals surface area contributed by atoms with E-state index in [-0.39, 0.29) is 23.5 Å². The van der Waals surface area contributed by atoms with Gasteiger partial charge in [-0.2, -0.15) is 0 Å². The van der Waals surface area contributed by atoms with Crippen LogP contribution in [0.25, 0.3) is 0 Å². The van der Waals surface area contributed by atoms with Crippen LogP contribution in [-0.2, 0) is 9.53 Å². The minimum atomic E-state index is -0.347. The van der Waals surface area contributed by atoms with Gasteiger partial charge in [0.25, 0.3) is 0 Å². The maximum Gasteiger partial charge on any atom is 0.407 e. The molecule has 2 amide bonds. The number of ether oxygens (including phenoxy) is 1. The zero-order valence-corrected chi connectivity index (χ0v) is 14.1. The number of benzene rings is 1. The molecule has 0 unspecified atom stereocenters. The Hall–Kier alpha value is -2.04. The number of carbonyl (C=O) groups is 2. The molecule has 3 fully saturated rings. The van der Waals surface area contributed by atoms with Gasteiger partial charge in [-0.3, -0.25) is 4.79 Å². The first-order valence-corrected chi connectivity index (χ1v) is 8.85. The van der Waals surface area contributed by atoms with E-state index in [0.717, 1.165) is 38.8 Å². The molecule has 0 bridgehead atoms. The van der Waals surface area contributed by atoms with Crippen LogP contribution in [0.15, 0.2) is 24.3 Å². The van der Waals surface area contributed by atoms with Crippen molar-refractivity contribution >= 4 is 12.0 Å². The molecule has 1 spiro atoms. The molecule has 0 radical (unpaired) electrons. The number of cyclic esters (lactones) is 1. The summed E-state index contributed by atoms with van der Waals surface area (Å²) in [4.78, 5) is 25.9. The Labute approximate surface area is 142 Å². The molecule has 1 saturated carbocycles. The van der Waals surface area contributed by atoms with Gasteiger partial charge in [0.2, 0.25) is 5.91 Å². The molecule has 3 aliphatic rings. The third-order valence-electron chi connectivity index (χ3n) is 5.83. The van der Waals surface area contributed by atoms with Crippen molar-refractivity contribution in [2.24, 2.45) is 5.92 Å². The topological polar surface area (TPSA) is 58.6 Å². The highest BCUT2D eigenvalue weighted by Crippen LogP contribution is 2.42. The van der Waals surface area contributed by atoms with Crippen LogP contribution >= 0.6 is 0 Å². The van der Waals surface area contributed by atoms with Gasteiger partial charge in [-0.05, 0) is 44.1 Å². The lowest BCUT2D eigenvalue weighted by Gasteiger charge is -2.45. The maximum absolute atomic E-state index is 12.7. The van der Waals surface area contributed by atoms with Gasteiger partial charge in [0.15, 0.2) is 0 Å². The first-order chi connectivity index (χ1) is 11.5. The second kappa shape index (κ2) is 5.80. The van der Waals surface area contributed by atoms with Crippen molar-refractivity contribution < 1.29 is 14.3 Å². The fourth-order valence-electron chi connectivity index (χ4n) is 4.30. The number of amides is 2. The minimum Gasteiger partial charge on any atom is -0.447 e. The number of nitrogens with one attached hydrogen (secondary N) is 1. The Morgan fingerprint density at radius 3 is 2.46 bits per heavy atom. The number of carbonyl (C=O) groups excluding carboxylic acids is 2. The number of piperidine rings is 1. The van der Waals surface area contributed by atoms with Crippen molar-refractivity contribution in [2.45, 2.75) is 44.1 Å². The van der Waals surface area contributed by atoms with Gasteiger partial charge >= 0.3 is 6.09 Å². The van der Waals surface area contributed by atoms with E-state index in [2.05, 4.69) is 36.5 Å². The molecule has 1 aromatic carbocycles. The Kier molecular flexibility index (Phi) is 3.74. The van der Waals surface area contributed by atoms with Crippen molar-refractivity contribution in [1.29, 1.82) is 0 Å². The fraction of sp³-hybridized carbons (Fsp3) is 0.579. The summed E-state index contributed by atoms with van der Waals surface area (Å²) in [6, 6.07) is 8.77. The molecule has 24 heavy (non-hydrogen) atoms. The van der Waals surface area contributed by atoms with Gasteiger partial charge < -0.3 is 15.0 Å². The number of rotatable bonds is 2. The summed E-state index contributed by atoms with van der Waals surface area (Å²) in [5, 5.41) is 2.86. The molecular weight excluding hydrogens is 304 g/mol. The Morgan fingerprint density at radius 1 is 1.21 bits per heavy atom. The molecular formula is C19H24N2O3. The average molecular weight is 328 g/mol. The second-order valence-electron chi connectivity index (χ2n) is 7.60. The summed E-state index contributed by atoms with van der Waals surface area (Å²) in [6.45, 7) is 4.19. The monoisotopic (exact) mass is 328 g/mol. The van der Waals surface area contributed by atoms with Crippen LogP contribution in [0.5, 0.6) is 0 Å². The first-order valence-electron chi connectivity index (χ1n) is 8.85. The molecule has 2 aliphatic heterocycles. The molecule has 4 rings (SSSR count). The normalized spacial score (nSPS) is 30.0. The number of alkyl carbamates (subject to hydrolysis) is 1. The van der Waals surface area contributed by atoms with Crippen LogP contribution in [0, 0.1) is 12.8 Å². The largest absolute Gasteiger partial charge is 0.447 e. The molecule has 5 nitrogen and oxygen atoms in total. The lowest BCUT2D eigenvalue weighted by molar-refractivity contribution is -0.142. The van der Waals surface area contributed by atoms with Crippen molar-refractivity contribution in [3.63, 3.8) is 0 Å². The summed E-state index contributed by atoms with van der Waals surface area (Å²) < 4.78 is 4.98. The highest BCUT2D eigenvalue weighted by Gasteiger charge is 2.53. The molecule has 128 valence electrons. The van der Waals surface area contributed by atoms with Gasteiger partial charge in [-0.1, -0.05) is 29.8 Å². The molecule has 2 saturated heterocycles. The zero-order valence-electron chi connectivity index (χ0n) is 14.1. The fourth-order valence-corrected chi connectivity index (χ4v) is 4.30. The van der Waals surface area contributed by atoms with E-state index in [9.17, 15) is 9.59 Å². The molecule has 0 aromatic heterocycles. The van der Waals surface area contributed by atoms with Gasteiger partial charge in [-0.15, -0.1) is 0 Å². The second-order valence-corrected chi connectivity index (χ2v) is 7.60. The van der Waals surface area contributed by atoms with Crippen molar-refractivity contribution in [3.05, 3.63) is 35.4 Å². The first kappa shape index (κ1) is 15.5. The SMILES string of the molecule is Cc1ccc(C2CCN(C(=O)[C@H]3C[C@]4(COC(=O)N4)C3)CC2)cc1. The van der Waals surface area contributed by atoms with Gasteiger partial charge in [0.1, 0.15) is 6.61 Å². The van der Waals surface area contributed by atoms with Gasteiger partial charge in [-0.25, -0.2) is 4.79 Å². The van der Waals surface area contributed by atoms with Crippen LogP contribution < -0.4 is 5.32 Å². The lowest BCUT2D eigenvalue weighted by atomic mass is 9.68. The molecule has 2 heterocycles. The highest BCUT2D eigenvalue weighted by atomic mass is 16.6. The molecule has 1 aliphatic carbocycles. The van der Waals surface area contributed by atoms with E-state index in [1.54, 1.807) is 0 Å². The Bertz CT molecular complexity index is 641. The predicted octanol–water partition coefficient (Wildman–Crippen LogP) is 2.59. The minimum absolute atomic E-state index is 0.0444. The van der Waals surface area contributed by atoms with E-state index >= 15 is 0 Å². The van der Waals surface area contributed by atoms with Crippen molar-refractivity contribution in [2.75, 3.05) is 19.7 Å². The predicted molar refractivity (Wildman–Crippen MR) is 89.7 cm³/mol. The highest BCUT2D eigenvalue weighted by molar-refractivity contribution is 5.81. The van der Waals surface area contributed by atoms with E-state index in [1.807, 2.05) is 4.90 Å². The zero-order chi connectivity index (χ0) is 16.7. The van der Waals surface area contributed by atoms with Crippen LogP contribution in [0.3, 0.4) is 0 Å². The summed E-state index contributed by atoms with van der Waals surface area (Å²) in [5.41, 5.74) is 2.41. The smallest absolute Gasteiger partial charge is 0.407 e. The lowest BCUT2D eigenvalue weighted by Crippen LogP contribution is -2.58. The van der Waals surface area contributed by atoms with E-state index in [1.165, 1.54) is 11.1 Å². The third kappa shape index (κ3) is 2.76. The summed E-state index contributed by atoms with van der Waals surface area (Å²) in [7, 11) is 0. The molecule has 1 N–H and O–H groups in total. The average Bonchev–Trinajstić information content (AvgIpc) is 2.96. The van der Waals surface area contributed by atoms with Gasteiger partial charge in [0, 0.05) is 19.0 Å². The Morgan fingerprint density at radius 2 is 1.88 bits per heavy atom. The van der Waals surface area contributed by atoms with Crippen LogP contribution in [0.1, 0.15) is 42.7 Å². The van der Waals surface area contributed by atoms with Crippen molar-refractivity contribution in [1.82, 2.24) is 10.2 Å².